The van der Waals surface area contributed by atoms with Gasteiger partial charge in [0.1, 0.15) is 0 Å². The molecule has 1 unspecified atom stereocenters. The Morgan fingerprint density at radius 3 is 2.17 bits per heavy atom. The minimum absolute atomic E-state index is 0.339. The highest BCUT2D eigenvalue weighted by Gasteiger charge is 2.68. The third-order valence-electron chi connectivity index (χ3n) is 2.65. The standard InChI is InChI=1S/C12H11F5O/c1-3-8-5-4-6-9(7-8)10(2,18)11(13,14)12(15,16)17/h3-7,18H,1H2,2H3. The highest BCUT2D eigenvalue weighted by atomic mass is 19.4. The lowest BCUT2D eigenvalue weighted by Gasteiger charge is -2.34. The van der Waals surface area contributed by atoms with Crippen LogP contribution in [-0.4, -0.2) is 17.2 Å². The van der Waals surface area contributed by atoms with Crippen molar-refractivity contribution in [3.8, 4) is 0 Å². The number of rotatable bonds is 3. The maximum Gasteiger partial charge on any atom is 0.456 e. The Kier molecular flexibility index (Phi) is 3.53. The molecule has 0 aliphatic heterocycles. The monoisotopic (exact) mass is 266 g/mol. The van der Waals surface area contributed by atoms with Gasteiger partial charge in [0.05, 0.1) is 0 Å². The molecule has 0 saturated heterocycles. The predicted molar refractivity (Wildman–Crippen MR) is 57.1 cm³/mol. The fraction of sp³-hybridized carbons (Fsp3) is 0.333. The minimum atomic E-state index is -5.83. The third-order valence-corrected chi connectivity index (χ3v) is 2.65. The van der Waals surface area contributed by atoms with Crippen LogP contribution in [0, 0.1) is 0 Å². The van der Waals surface area contributed by atoms with Crippen LogP contribution >= 0.6 is 0 Å². The van der Waals surface area contributed by atoms with Crippen molar-refractivity contribution in [1.29, 1.82) is 0 Å². The Balaban J connectivity index is 3.32. The third kappa shape index (κ3) is 2.25. The second kappa shape index (κ2) is 4.35. The van der Waals surface area contributed by atoms with Crippen LogP contribution < -0.4 is 0 Å². The van der Waals surface area contributed by atoms with Crippen LogP contribution in [0.2, 0.25) is 0 Å². The molecule has 0 bridgehead atoms. The van der Waals surface area contributed by atoms with Gasteiger partial charge in [-0.2, -0.15) is 22.0 Å². The zero-order valence-corrected chi connectivity index (χ0v) is 9.43. The summed E-state index contributed by atoms with van der Waals surface area (Å²) in [4.78, 5) is 0. The summed E-state index contributed by atoms with van der Waals surface area (Å²) in [6.07, 6.45) is -4.55. The molecule has 1 aromatic carbocycles. The van der Waals surface area contributed by atoms with E-state index in [1.807, 2.05) is 0 Å². The summed E-state index contributed by atoms with van der Waals surface area (Å²) in [7, 11) is 0. The molecule has 1 aromatic rings. The van der Waals surface area contributed by atoms with Crippen molar-refractivity contribution in [2.45, 2.75) is 24.6 Å². The van der Waals surface area contributed by atoms with Crippen LogP contribution in [0.1, 0.15) is 18.1 Å². The summed E-state index contributed by atoms with van der Waals surface area (Å²) >= 11 is 0. The van der Waals surface area contributed by atoms with Crippen LogP contribution in [0.25, 0.3) is 6.08 Å². The Hall–Kier alpha value is -1.43. The van der Waals surface area contributed by atoms with Crippen molar-refractivity contribution in [3.63, 3.8) is 0 Å². The fourth-order valence-electron chi connectivity index (χ4n) is 1.43. The highest BCUT2D eigenvalue weighted by Crippen LogP contribution is 2.48. The van der Waals surface area contributed by atoms with Gasteiger partial charge < -0.3 is 5.11 Å². The highest BCUT2D eigenvalue weighted by molar-refractivity contribution is 5.49. The van der Waals surface area contributed by atoms with Gasteiger partial charge in [0.2, 0.25) is 0 Å². The largest absolute Gasteiger partial charge is 0.456 e. The van der Waals surface area contributed by atoms with Gasteiger partial charge in [-0.25, -0.2) is 0 Å². The molecule has 1 N–H and O–H groups in total. The molecule has 1 rings (SSSR count). The first kappa shape index (κ1) is 14.6. The molecule has 0 radical (unpaired) electrons. The van der Waals surface area contributed by atoms with Gasteiger partial charge >= 0.3 is 12.1 Å². The first-order chi connectivity index (χ1) is 8.04. The number of benzene rings is 1. The minimum Gasteiger partial charge on any atom is -0.379 e. The molecule has 100 valence electrons. The molecule has 6 heteroatoms. The van der Waals surface area contributed by atoms with Gasteiger partial charge in [0.25, 0.3) is 0 Å². The maximum absolute atomic E-state index is 13.2. The number of aliphatic hydroxyl groups is 1. The average Bonchev–Trinajstić information content (AvgIpc) is 2.27. The summed E-state index contributed by atoms with van der Waals surface area (Å²) < 4.78 is 63.3. The summed E-state index contributed by atoms with van der Waals surface area (Å²) in [5.74, 6) is -5.25. The lowest BCUT2D eigenvalue weighted by molar-refractivity contribution is -0.342. The Morgan fingerprint density at radius 1 is 1.17 bits per heavy atom. The van der Waals surface area contributed by atoms with E-state index >= 15 is 0 Å². The summed E-state index contributed by atoms with van der Waals surface area (Å²) in [5.41, 5.74) is -3.53. The summed E-state index contributed by atoms with van der Waals surface area (Å²) in [6.45, 7) is 3.81. The number of hydrogen-bond donors (Lipinski definition) is 1. The number of hydrogen-bond acceptors (Lipinski definition) is 1. The van der Waals surface area contributed by atoms with E-state index in [0.717, 1.165) is 12.1 Å². The van der Waals surface area contributed by atoms with E-state index in [4.69, 9.17) is 0 Å². The molecule has 1 nitrogen and oxygen atoms in total. The molecule has 1 atom stereocenters. The van der Waals surface area contributed by atoms with Crippen LogP contribution in [0.3, 0.4) is 0 Å². The lowest BCUT2D eigenvalue weighted by Crippen LogP contribution is -2.53. The van der Waals surface area contributed by atoms with Gasteiger partial charge in [-0.15, -0.1) is 0 Å². The first-order valence-corrected chi connectivity index (χ1v) is 4.94. The summed E-state index contributed by atoms with van der Waals surface area (Å²) in [6, 6.07) is 4.78. The Morgan fingerprint density at radius 2 is 1.72 bits per heavy atom. The van der Waals surface area contributed by atoms with E-state index < -0.39 is 23.3 Å². The quantitative estimate of drug-likeness (QED) is 0.826. The lowest BCUT2D eigenvalue weighted by atomic mass is 9.88. The molecular formula is C12H11F5O. The topological polar surface area (TPSA) is 20.2 Å². The molecule has 0 aliphatic rings. The SMILES string of the molecule is C=Cc1cccc(C(C)(O)C(F)(F)C(F)(F)F)c1. The molecule has 0 heterocycles. The molecular weight excluding hydrogens is 255 g/mol. The normalized spacial score (nSPS) is 16.2. The molecule has 0 aliphatic carbocycles. The van der Waals surface area contributed by atoms with E-state index in [1.165, 1.54) is 18.2 Å². The van der Waals surface area contributed by atoms with Gasteiger partial charge in [0, 0.05) is 0 Å². The number of halogens is 5. The average molecular weight is 266 g/mol. The van der Waals surface area contributed by atoms with Crippen molar-refractivity contribution >= 4 is 6.08 Å². The second-order valence-corrected chi connectivity index (χ2v) is 3.97. The van der Waals surface area contributed by atoms with Crippen molar-refractivity contribution < 1.29 is 27.1 Å². The van der Waals surface area contributed by atoms with Crippen LogP contribution in [0.15, 0.2) is 30.8 Å². The molecule has 0 saturated carbocycles. The second-order valence-electron chi connectivity index (χ2n) is 3.97. The molecule has 0 fully saturated rings. The molecule has 0 aromatic heterocycles. The first-order valence-electron chi connectivity index (χ1n) is 4.94. The van der Waals surface area contributed by atoms with Gasteiger partial charge in [0.15, 0.2) is 5.60 Å². The summed E-state index contributed by atoms with van der Waals surface area (Å²) in [5, 5.41) is 9.56. The fourth-order valence-corrected chi connectivity index (χ4v) is 1.43. The van der Waals surface area contributed by atoms with E-state index in [-0.39, 0.29) is 0 Å². The Labute approximate surface area is 101 Å². The van der Waals surface area contributed by atoms with E-state index in [0.29, 0.717) is 12.5 Å². The van der Waals surface area contributed by atoms with E-state index in [2.05, 4.69) is 6.58 Å². The smallest absolute Gasteiger partial charge is 0.379 e. The zero-order chi connectivity index (χ0) is 14.2. The van der Waals surface area contributed by atoms with Crippen LogP contribution in [0.4, 0.5) is 22.0 Å². The van der Waals surface area contributed by atoms with Crippen molar-refractivity contribution in [1.82, 2.24) is 0 Å². The number of alkyl halides is 5. The van der Waals surface area contributed by atoms with E-state index in [1.54, 1.807) is 0 Å². The van der Waals surface area contributed by atoms with Gasteiger partial charge in [-0.1, -0.05) is 30.9 Å². The maximum atomic E-state index is 13.2. The Bertz CT molecular complexity index is 448. The predicted octanol–water partition coefficient (Wildman–Crippen LogP) is 3.73. The molecule has 0 spiro atoms. The molecule has 0 amide bonds. The van der Waals surface area contributed by atoms with Gasteiger partial charge in [-0.05, 0) is 24.1 Å². The molecule has 18 heavy (non-hydrogen) atoms. The van der Waals surface area contributed by atoms with Crippen molar-refractivity contribution in [2.24, 2.45) is 0 Å². The van der Waals surface area contributed by atoms with Crippen molar-refractivity contribution in [3.05, 3.63) is 42.0 Å². The van der Waals surface area contributed by atoms with Crippen LogP contribution in [0.5, 0.6) is 0 Å². The van der Waals surface area contributed by atoms with Crippen molar-refractivity contribution in [2.75, 3.05) is 0 Å². The van der Waals surface area contributed by atoms with Crippen LogP contribution in [-0.2, 0) is 5.60 Å². The van der Waals surface area contributed by atoms with E-state index in [9.17, 15) is 27.1 Å². The van der Waals surface area contributed by atoms with Gasteiger partial charge in [-0.3, -0.25) is 0 Å². The zero-order valence-electron chi connectivity index (χ0n) is 9.43.